The molecule has 3 nitrogen and oxygen atoms in total. The van der Waals surface area contributed by atoms with Crippen molar-refractivity contribution in [2.45, 2.75) is 25.4 Å². The Bertz CT molecular complexity index is 639. The fourth-order valence-corrected chi connectivity index (χ4v) is 3.18. The van der Waals surface area contributed by atoms with Gasteiger partial charge < -0.3 is 9.84 Å². The normalized spacial score (nSPS) is 17.0. The number of aryl methyl sites for hydroxylation is 1. The number of phenols is 1. The van der Waals surface area contributed by atoms with Crippen LogP contribution < -0.4 is 4.74 Å². The summed E-state index contributed by atoms with van der Waals surface area (Å²) in [4.78, 5) is 2.31. The molecule has 2 aromatic rings. The topological polar surface area (TPSA) is 32.7 Å². The molecule has 1 aliphatic carbocycles. The summed E-state index contributed by atoms with van der Waals surface area (Å²) in [6.07, 6.45) is 2.28. The van der Waals surface area contributed by atoms with Gasteiger partial charge in [0.25, 0.3) is 0 Å². The molecule has 1 atom stereocenters. The van der Waals surface area contributed by atoms with Gasteiger partial charge in [0.05, 0.1) is 7.11 Å². The maximum Gasteiger partial charge on any atom is 0.123 e. The van der Waals surface area contributed by atoms with Gasteiger partial charge in [-0.25, -0.2) is 0 Å². The summed E-state index contributed by atoms with van der Waals surface area (Å²) in [7, 11) is 3.73. The monoisotopic (exact) mass is 283 g/mol. The van der Waals surface area contributed by atoms with Crippen molar-refractivity contribution in [2.24, 2.45) is 0 Å². The van der Waals surface area contributed by atoms with Crippen LogP contribution in [0.4, 0.5) is 0 Å². The van der Waals surface area contributed by atoms with E-state index in [1.54, 1.807) is 13.2 Å². The van der Waals surface area contributed by atoms with Crippen molar-refractivity contribution in [1.82, 2.24) is 4.90 Å². The van der Waals surface area contributed by atoms with Crippen LogP contribution in [0.3, 0.4) is 0 Å². The predicted octanol–water partition coefficient (Wildman–Crippen LogP) is 3.52. The molecular formula is C18H21NO2. The number of hydrogen-bond donors (Lipinski definition) is 1. The molecule has 1 aliphatic rings. The van der Waals surface area contributed by atoms with Crippen LogP contribution in [0.1, 0.15) is 29.2 Å². The first-order valence-electron chi connectivity index (χ1n) is 7.33. The molecule has 3 rings (SSSR count). The second-order valence-electron chi connectivity index (χ2n) is 5.66. The van der Waals surface area contributed by atoms with Crippen LogP contribution in [-0.4, -0.2) is 24.2 Å². The number of nitrogens with zero attached hydrogens (tertiary/aromatic N) is 1. The molecule has 0 fully saturated rings. The lowest BCUT2D eigenvalue weighted by molar-refractivity contribution is 0.233. The Morgan fingerprint density at radius 3 is 2.81 bits per heavy atom. The highest BCUT2D eigenvalue weighted by Gasteiger charge is 2.25. The summed E-state index contributed by atoms with van der Waals surface area (Å²) in [5, 5.41) is 10.1. The molecule has 0 spiro atoms. The van der Waals surface area contributed by atoms with Crippen molar-refractivity contribution >= 4 is 0 Å². The molecule has 0 aliphatic heterocycles. The van der Waals surface area contributed by atoms with Crippen LogP contribution in [0.25, 0.3) is 0 Å². The van der Waals surface area contributed by atoms with Gasteiger partial charge in [-0.3, -0.25) is 4.90 Å². The Morgan fingerprint density at radius 2 is 2.05 bits per heavy atom. The predicted molar refractivity (Wildman–Crippen MR) is 83.6 cm³/mol. The van der Waals surface area contributed by atoms with Crippen molar-refractivity contribution in [2.75, 3.05) is 14.2 Å². The molecule has 110 valence electrons. The van der Waals surface area contributed by atoms with Crippen LogP contribution in [0.2, 0.25) is 0 Å². The smallest absolute Gasteiger partial charge is 0.123 e. The molecule has 0 saturated heterocycles. The first-order valence-corrected chi connectivity index (χ1v) is 7.33. The third kappa shape index (κ3) is 2.74. The zero-order chi connectivity index (χ0) is 14.8. The second-order valence-corrected chi connectivity index (χ2v) is 5.66. The minimum Gasteiger partial charge on any atom is -0.507 e. The van der Waals surface area contributed by atoms with E-state index in [-0.39, 0.29) is 0 Å². The van der Waals surface area contributed by atoms with Crippen molar-refractivity contribution in [1.29, 1.82) is 0 Å². The van der Waals surface area contributed by atoms with E-state index in [1.807, 2.05) is 12.1 Å². The average Bonchev–Trinajstić information content (AvgIpc) is 2.93. The number of rotatable bonds is 4. The minimum atomic E-state index is 0.299. The Hall–Kier alpha value is -2.00. The molecular weight excluding hydrogens is 262 g/mol. The number of ether oxygens (including phenoxy) is 1. The first-order chi connectivity index (χ1) is 10.2. The van der Waals surface area contributed by atoms with Crippen LogP contribution >= 0.6 is 0 Å². The highest BCUT2D eigenvalue weighted by Crippen LogP contribution is 2.36. The van der Waals surface area contributed by atoms with Crippen LogP contribution in [0, 0.1) is 0 Å². The summed E-state index contributed by atoms with van der Waals surface area (Å²) in [6.45, 7) is 0.731. The number of benzene rings is 2. The van der Waals surface area contributed by atoms with E-state index >= 15 is 0 Å². The zero-order valence-corrected chi connectivity index (χ0v) is 12.5. The SMILES string of the molecule is COc1ccc(CN(C)C2CCc3ccccc32)c(O)c1. The van der Waals surface area contributed by atoms with Crippen molar-refractivity contribution in [3.05, 3.63) is 59.2 Å². The standard InChI is InChI=1S/C18H21NO2/c1-19(12-14-7-9-15(21-2)11-18(14)20)17-10-8-13-5-3-4-6-16(13)17/h3-7,9,11,17,20H,8,10,12H2,1-2H3. The third-order valence-corrected chi connectivity index (χ3v) is 4.35. The van der Waals surface area contributed by atoms with E-state index < -0.39 is 0 Å². The lowest BCUT2D eigenvalue weighted by atomic mass is 10.1. The van der Waals surface area contributed by atoms with Crippen LogP contribution in [0.15, 0.2) is 42.5 Å². The number of methoxy groups -OCH3 is 1. The van der Waals surface area contributed by atoms with Crippen LogP contribution in [-0.2, 0) is 13.0 Å². The quantitative estimate of drug-likeness (QED) is 0.932. The Balaban J connectivity index is 1.77. The summed E-state index contributed by atoms with van der Waals surface area (Å²) in [5.41, 5.74) is 3.81. The van der Waals surface area contributed by atoms with Gasteiger partial charge in [0.2, 0.25) is 0 Å². The largest absolute Gasteiger partial charge is 0.507 e. The Kier molecular flexibility index (Phi) is 3.84. The molecule has 0 saturated carbocycles. The number of aromatic hydroxyl groups is 1. The maximum atomic E-state index is 10.1. The maximum absolute atomic E-state index is 10.1. The molecule has 0 aromatic heterocycles. The van der Waals surface area contributed by atoms with Crippen molar-refractivity contribution in [3.8, 4) is 11.5 Å². The number of phenolic OH excluding ortho intramolecular Hbond substituents is 1. The molecule has 0 radical (unpaired) electrons. The summed E-state index contributed by atoms with van der Waals surface area (Å²) < 4.78 is 5.13. The van der Waals surface area contributed by atoms with Gasteiger partial charge in [-0.05, 0) is 37.1 Å². The molecule has 0 amide bonds. The minimum absolute atomic E-state index is 0.299. The Morgan fingerprint density at radius 1 is 1.24 bits per heavy atom. The molecule has 21 heavy (non-hydrogen) atoms. The van der Waals surface area contributed by atoms with E-state index in [2.05, 4.69) is 36.2 Å². The summed E-state index contributed by atoms with van der Waals surface area (Å²) in [6, 6.07) is 14.6. The summed E-state index contributed by atoms with van der Waals surface area (Å²) in [5.74, 6) is 0.984. The molecule has 2 aromatic carbocycles. The summed E-state index contributed by atoms with van der Waals surface area (Å²) >= 11 is 0. The first kappa shape index (κ1) is 14.0. The third-order valence-electron chi connectivity index (χ3n) is 4.35. The van der Waals surface area contributed by atoms with Gasteiger partial charge in [-0.15, -0.1) is 0 Å². The number of fused-ring (bicyclic) bond motifs is 1. The molecule has 1 N–H and O–H groups in total. The second kappa shape index (κ2) is 5.78. The van der Waals surface area contributed by atoms with E-state index in [9.17, 15) is 5.11 Å². The molecule has 1 unspecified atom stereocenters. The van der Waals surface area contributed by atoms with Gasteiger partial charge in [0, 0.05) is 24.2 Å². The highest BCUT2D eigenvalue weighted by molar-refractivity contribution is 5.40. The molecule has 0 heterocycles. The fraction of sp³-hybridized carbons (Fsp3) is 0.333. The lowest BCUT2D eigenvalue weighted by Gasteiger charge is -2.25. The van der Waals surface area contributed by atoms with Crippen molar-refractivity contribution < 1.29 is 9.84 Å². The molecule has 3 heteroatoms. The van der Waals surface area contributed by atoms with Gasteiger partial charge >= 0.3 is 0 Å². The lowest BCUT2D eigenvalue weighted by Crippen LogP contribution is -2.22. The zero-order valence-electron chi connectivity index (χ0n) is 12.5. The number of hydrogen-bond acceptors (Lipinski definition) is 3. The van der Waals surface area contributed by atoms with Crippen LogP contribution in [0.5, 0.6) is 11.5 Å². The highest BCUT2D eigenvalue weighted by atomic mass is 16.5. The van der Waals surface area contributed by atoms with Gasteiger partial charge in [-0.1, -0.05) is 30.3 Å². The van der Waals surface area contributed by atoms with Gasteiger partial charge in [-0.2, -0.15) is 0 Å². The van der Waals surface area contributed by atoms with Crippen molar-refractivity contribution in [3.63, 3.8) is 0 Å². The Labute approximate surface area is 125 Å². The van der Waals surface area contributed by atoms with E-state index in [0.29, 0.717) is 17.5 Å². The van der Waals surface area contributed by atoms with E-state index in [4.69, 9.17) is 4.74 Å². The molecule has 0 bridgehead atoms. The van der Waals surface area contributed by atoms with Gasteiger partial charge in [0.1, 0.15) is 11.5 Å². The van der Waals surface area contributed by atoms with E-state index in [1.165, 1.54) is 11.1 Å². The van der Waals surface area contributed by atoms with E-state index in [0.717, 1.165) is 24.9 Å². The fourth-order valence-electron chi connectivity index (χ4n) is 3.18. The van der Waals surface area contributed by atoms with Gasteiger partial charge in [0.15, 0.2) is 0 Å². The average molecular weight is 283 g/mol.